The molecule has 1 aliphatic rings. The van der Waals surface area contributed by atoms with Gasteiger partial charge >= 0.3 is 5.97 Å². The molecule has 2 heterocycles. The lowest BCUT2D eigenvalue weighted by Crippen LogP contribution is -2.10. The van der Waals surface area contributed by atoms with E-state index >= 15 is 0 Å². The van der Waals surface area contributed by atoms with Gasteiger partial charge in [0.05, 0.1) is 12.3 Å². The van der Waals surface area contributed by atoms with Crippen LogP contribution in [0.2, 0.25) is 0 Å². The number of ether oxygens (including phenoxy) is 1. The molecule has 23 heavy (non-hydrogen) atoms. The summed E-state index contributed by atoms with van der Waals surface area (Å²) < 4.78 is 5.15. The summed E-state index contributed by atoms with van der Waals surface area (Å²) in [5, 5.41) is 1.01. The minimum atomic E-state index is -0.326. The van der Waals surface area contributed by atoms with Gasteiger partial charge in [-0.2, -0.15) is 0 Å². The number of carbonyl (C=O) groups is 1. The smallest absolute Gasteiger partial charge is 0.350 e. The first-order valence-corrected chi connectivity index (χ1v) is 9.38. The van der Waals surface area contributed by atoms with Gasteiger partial charge in [0, 0.05) is 11.1 Å². The number of hydrogen-bond acceptors (Lipinski definition) is 5. The molecule has 4 nitrogen and oxygen atoms in total. The van der Waals surface area contributed by atoms with Crippen molar-refractivity contribution in [2.24, 2.45) is 0 Å². The zero-order valence-corrected chi connectivity index (χ0v) is 14.7. The van der Waals surface area contributed by atoms with E-state index in [1.54, 1.807) is 0 Å². The fourth-order valence-electron chi connectivity index (χ4n) is 3.39. The Morgan fingerprint density at radius 2 is 2.09 bits per heavy atom. The fraction of sp³-hybridized carbons (Fsp3) is 0.556. The predicted molar refractivity (Wildman–Crippen MR) is 95.2 cm³/mol. The molecule has 3 rings (SSSR count). The van der Waals surface area contributed by atoms with Crippen LogP contribution in [-0.4, -0.2) is 17.6 Å². The van der Waals surface area contributed by atoms with Gasteiger partial charge < -0.3 is 10.5 Å². The molecule has 2 aromatic heterocycles. The van der Waals surface area contributed by atoms with Crippen molar-refractivity contribution >= 4 is 33.2 Å². The second-order valence-corrected chi connectivity index (χ2v) is 7.07. The van der Waals surface area contributed by atoms with Crippen LogP contribution in [0.1, 0.15) is 66.0 Å². The lowest BCUT2D eigenvalue weighted by atomic mass is 9.88. The maximum atomic E-state index is 12.2. The number of fused-ring (bicyclic) bond motifs is 2. The lowest BCUT2D eigenvalue weighted by molar-refractivity contribution is 0.0533. The summed E-state index contributed by atoms with van der Waals surface area (Å²) in [5.74, 6) is -0.326. The number of nitrogen functional groups attached to an aromatic ring is 1. The minimum Gasteiger partial charge on any atom is -0.462 e. The first kappa shape index (κ1) is 16.2. The van der Waals surface area contributed by atoms with Crippen LogP contribution in [0.3, 0.4) is 0 Å². The average Bonchev–Trinajstić information content (AvgIpc) is 2.88. The number of nitrogens with zero attached hydrogens (tertiary/aromatic N) is 1. The first-order chi connectivity index (χ1) is 11.2. The van der Waals surface area contributed by atoms with Gasteiger partial charge in [-0.25, -0.2) is 9.78 Å². The van der Waals surface area contributed by atoms with E-state index < -0.39 is 0 Å². The zero-order chi connectivity index (χ0) is 16.4. The van der Waals surface area contributed by atoms with Crippen LogP contribution in [0, 0.1) is 0 Å². The Morgan fingerprint density at radius 3 is 2.83 bits per heavy atom. The number of aromatic nitrogens is 1. The van der Waals surface area contributed by atoms with Gasteiger partial charge in [0.2, 0.25) is 0 Å². The molecule has 2 N–H and O–H groups in total. The van der Waals surface area contributed by atoms with E-state index in [9.17, 15) is 4.79 Å². The topological polar surface area (TPSA) is 65.2 Å². The fourth-order valence-corrected chi connectivity index (χ4v) is 4.43. The van der Waals surface area contributed by atoms with Crippen LogP contribution in [-0.2, 0) is 24.0 Å². The summed E-state index contributed by atoms with van der Waals surface area (Å²) in [4.78, 5) is 18.4. The molecular formula is C18H24N2O2S. The Labute approximate surface area is 141 Å². The molecule has 0 bridgehead atoms. The molecule has 0 saturated carbocycles. The van der Waals surface area contributed by atoms with Crippen molar-refractivity contribution < 1.29 is 9.53 Å². The first-order valence-electron chi connectivity index (χ1n) is 8.57. The summed E-state index contributed by atoms with van der Waals surface area (Å²) in [5.41, 5.74) is 10.8. The number of esters is 1. The molecular weight excluding hydrogens is 308 g/mol. The van der Waals surface area contributed by atoms with E-state index in [0.29, 0.717) is 17.2 Å². The number of thiophene rings is 1. The summed E-state index contributed by atoms with van der Waals surface area (Å²) in [6, 6.07) is 0. The Hall–Kier alpha value is -1.62. The van der Waals surface area contributed by atoms with Crippen LogP contribution < -0.4 is 5.73 Å². The average molecular weight is 332 g/mol. The second-order valence-electron chi connectivity index (χ2n) is 6.07. The summed E-state index contributed by atoms with van der Waals surface area (Å²) >= 11 is 1.38. The van der Waals surface area contributed by atoms with Crippen molar-refractivity contribution in [1.29, 1.82) is 0 Å². The van der Waals surface area contributed by atoms with E-state index in [0.717, 1.165) is 42.3 Å². The van der Waals surface area contributed by atoms with Crippen molar-refractivity contribution in [3.05, 3.63) is 21.7 Å². The maximum Gasteiger partial charge on any atom is 0.350 e. The van der Waals surface area contributed by atoms with Crippen molar-refractivity contribution in [2.45, 2.75) is 58.8 Å². The predicted octanol–water partition coefficient (Wildman–Crippen LogP) is 4.28. The summed E-state index contributed by atoms with van der Waals surface area (Å²) in [6.45, 7) is 4.37. The van der Waals surface area contributed by atoms with Gasteiger partial charge in [-0.1, -0.05) is 13.3 Å². The van der Waals surface area contributed by atoms with E-state index in [4.69, 9.17) is 15.5 Å². The maximum absolute atomic E-state index is 12.2. The molecule has 0 atom stereocenters. The molecule has 0 unspecified atom stereocenters. The van der Waals surface area contributed by atoms with Gasteiger partial charge in [-0.15, -0.1) is 11.3 Å². The standard InChI is InChI=1S/C18H24N2O2S/c1-3-5-8-12-11-9-6-7-10-13(11)20-17-14(12)15(19)16(23-17)18(21)22-4-2/h3-10,19H2,1-2H3. The number of rotatable bonds is 5. The minimum absolute atomic E-state index is 0.326. The Morgan fingerprint density at radius 1 is 1.30 bits per heavy atom. The number of unbranched alkanes of at least 4 members (excludes halogenated alkanes) is 1. The van der Waals surface area contributed by atoms with Gasteiger partial charge in [-0.05, 0) is 56.6 Å². The Kier molecular flexibility index (Phi) is 4.85. The summed E-state index contributed by atoms with van der Waals surface area (Å²) in [6.07, 6.45) is 7.83. The summed E-state index contributed by atoms with van der Waals surface area (Å²) in [7, 11) is 0. The molecule has 0 aliphatic heterocycles. The zero-order valence-electron chi connectivity index (χ0n) is 13.9. The van der Waals surface area contributed by atoms with E-state index in [1.807, 2.05) is 6.92 Å². The highest BCUT2D eigenvalue weighted by Crippen LogP contribution is 2.39. The van der Waals surface area contributed by atoms with Crippen LogP contribution >= 0.6 is 11.3 Å². The monoisotopic (exact) mass is 332 g/mol. The largest absolute Gasteiger partial charge is 0.462 e. The number of anilines is 1. The molecule has 124 valence electrons. The molecule has 2 aromatic rings. The molecule has 5 heteroatoms. The van der Waals surface area contributed by atoms with Crippen LogP contribution in [0.4, 0.5) is 5.69 Å². The highest BCUT2D eigenvalue weighted by atomic mass is 32.1. The van der Waals surface area contributed by atoms with Crippen LogP contribution in [0.5, 0.6) is 0 Å². The molecule has 0 saturated heterocycles. The number of aryl methyl sites for hydroxylation is 2. The number of hydrogen-bond donors (Lipinski definition) is 1. The third-order valence-electron chi connectivity index (χ3n) is 4.51. The van der Waals surface area contributed by atoms with Crippen molar-refractivity contribution in [3.63, 3.8) is 0 Å². The van der Waals surface area contributed by atoms with Crippen LogP contribution in [0.15, 0.2) is 0 Å². The lowest BCUT2D eigenvalue weighted by Gasteiger charge is -2.19. The van der Waals surface area contributed by atoms with E-state index in [1.165, 1.54) is 41.0 Å². The van der Waals surface area contributed by atoms with Gasteiger partial charge in [0.25, 0.3) is 0 Å². The highest BCUT2D eigenvalue weighted by Gasteiger charge is 2.25. The van der Waals surface area contributed by atoms with Gasteiger partial charge in [0.1, 0.15) is 9.71 Å². The van der Waals surface area contributed by atoms with Crippen molar-refractivity contribution in [2.75, 3.05) is 12.3 Å². The SMILES string of the molecule is CCCCc1c2c(nc3sc(C(=O)OCC)c(N)c13)CCCC2. The quantitative estimate of drug-likeness (QED) is 0.830. The Balaban J connectivity index is 2.19. The molecule has 0 fully saturated rings. The normalized spacial score (nSPS) is 14.0. The number of pyridine rings is 1. The number of carbonyl (C=O) groups excluding carboxylic acids is 1. The third-order valence-corrected chi connectivity index (χ3v) is 5.59. The molecule has 0 radical (unpaired) electrons. The molecule has 1 aliphatic carbocycles. The highest BCUT2D eigenvalue weighted by molar-refractivity contribution is 7.21. The van der Waals surface area contributed by atoms with Gasteiger partial charge in [-0.3, -0.25) is 0 Å². The second kappa shape index (κ2) is 6.87. The van der Waals surface area contributed by atoms with Crippen molar-refractivity contribution in [1.82, 2.24) is 4.98 Å². The van der Waals surface area contributed by atoms with Gasteiger partial charge in [0.15, 0.2) is 0 Å². The molecule has 0 amide bonds. The van der Waals surface area contributed by atoms with E-state index in [2.05, 4.69) is 6.92 Å². The molecule has 0 spiro atoms. The third kappa shape index (κ3) is 2.94. The van der Waals surface area contributed by atoms with Crippen LogP contribution in [0.25, 0.3) is 10.2 Å². The molecule has 0 aromatic carbocycles. The van der Waals surface area contributed by atoms with Crippen molar-refractivity contribution in [3.8, 4) is 0 Å². The number of nitrogens with two attached hydrogens (primary N) is 1. The Bertz CT molecular complexity index is 736. The van der Waals surface area contributed by atoms with E-state index in [-0.39, 0.29) is 5.97 Å².